The molecule has 0 radical (unpaired) electrons. The van der Waals surface area contributed by atoms with E-state index in [9.17, 15) is 13.2 Å². The zero-order valence-corrected chi connectivity index (χ0v) is 17.7. The molecule has 0 aliphatic heterocycles. The van der Waals surface area contributed by atoms with Crippen LogP contribution in [0.4, 0.5) is 0 Å². The highest BCUT2D eigenvalue weighted by atomic mass is 32.2. The molecule has 2 rings (SSSR count). The van der Waals surface area contributed by atoms with E-state index in [1.54, 1.807) is 29.2 Å². The van der Waals surface area contributed by atoms with Crippen molar-refractivity contribution in [1.82, 2.24) is 9.62 Å². The molecule has 0 aromatic heterocycles. The van der Waals surface area contributed by atoms with E-state index in [0.717, 1.165) is 11.1 Å². The Hall–Kier alpha value is -2.18. The van der Waals surface area contributed by atoms with Crippen molar-refractivity contribution in [1.29, 1.82) is 0 Å². The van der Waals surface area contributed by atoms with E-state index in [1.165, 1.54) is 0 Å². The maximum atomic E-state index is 12.8. The number of sulfonamides is 1. The Morgan fingerprint density at radius 1 is 1.00 bits per heavy atom. The molecule has 1 unspecified atom stereocenters. The second-order valence-electron chi connectivity index (χ2n) is 6.93. The lowest BCUT2D eigenvalue weighted by Crippen LogP contribution is -2.41. The molecule has 0 aliphatic rings. The van der Waals surface area contributed by atoms with Gasteiger partial charge in [-0.2, -0.15) is 0 Å². The number of nitrogens with zero attached hydrogens (tertiary/aromatic N) is 1. The molecule has 0 fully saturated rings. The smallest absolute Gasteiger partial charge is 0.240 e. The lowest BCUT2D eigenvalue weighted by Gasteiger charge is -2.23. The third-order valence-corrected chi connectivity index (χ3v) is 6.35. The van der Waals surface area contributed by atoms with E-state index in [-0.39, 0.29) is 17.2 Å². The molecule has 5 nitrogen and oxygen atoms in total. The van der Waals surface area contributed by atoms with Gasteiger partial charge in [0.25, 0.3) is 0 Å². The van der Waals surface area contributed by atoms with E-state index in [2.05, 4.69) is 4.72 Å². The molecule has 6 heteroatoms. The predicted molar refractivity (Wildman–Crippen MR) is 113 cm³/mol. The molecule has 0 saturated carbocycles. The molecule has 28 heavy (non-hydrogen) atoms. The first-order valence-corrected chi connectivity index (χ1v) is 11.2. The standard InChI is InChI=1S/C22H30N2O3S/c1-4-24(5-2)22(25)17-20(14-13-19-9-7-6-8-10-19)23-28(26,27)21-15-11-18(3)12-16-21/h6-12,15-16,20,23H,4-5,13-14,17H2,1-3H3. The van der Waals surface area contributed by atoms with Gasteiger partial charge in [-0.15, -0.1) is 0 Å². The lowest BCUT2D eigenvalue weighted by atomic mass is 10.0. The molecule has 152 valence electrons. The fourth-order valence-corrected chi connectivity index (χ4v) is 4.38. The van der Waals surface area contributed by atoms with Gasteiger partial charge in [-0.1, -0.05) is 48.0 Å². The molecule has 0 heterocycles. The van der Waals surface area contributed by atoms with E-state index in [1.807, 2.05) is 51.1 Å². The summed E-state index contributed by atoms with van der Waals surface area (Å²) in [6, 6.07) is 16.2. The number of amides is 1. The predicted octanol–water partition coefficient (Wildman–Crippen LogP) is 3.53. The summed E-state index contributed by atoms with van der Waals surface area (Å²) in [5, 5.41) is 0. The third kappa shape index (κ3) is 6.46. The summed E-state index contributed by atoms with van der Waals surface area (Å²) in [6.45, 7) is 7.00. The van der Waals surface area contributed by atoms with Gasteiger partial charge in [-0.3, -0.25) is 4.79 Å². The van der Waals surface area contributed by atoms with Crippen LogP contribution < -0.4 is 4.72 Å². The Morgan fingerprint density at radius 2 is 1.61 bits per heavy atom. The molecule has 0 aliphatic carbocycles. The Balaban J connectivity index is 2.16. The van der Waals surface area contributed by atoms with Crippen molar-refractivity contribution in [2.45, 2.75) is 51.0 Å². The maximum absolute atomic E-state index is 12.8. The van der Waals surface area contributed by atoms with E-state index in [0.29, 0.717) is 25.9 Å². The number of hydrogen-bond donors (Lipinski definition) is 1. The minimum Gasteiger partial charge on any atom is -0.343 e. The van der Waals surface area contributed by atoms with Crippen LogP contribution in [0.5, 0.6) is 0 Å². The van der Waals surface area contributed by atoms with Gasteiger partial charge in [-0.25, -0.2) is 13.1 Å². The van der Waals surface area contributed by atoms with E-state index in [4.69, 9.17) is 0 Å². The summed E-state index contributed by atoms with van der Waals surface area (Å²) in [4.78, 5) is 14.5. The van der Waals surface area contributed by atoms with Gasteiger partial charge in [-0.05, 0) is 51.3 Å². The van der Waals surface area contributed by atoms with Crippen LogP contribution in [-0.2, 0) is 21.2 Å². The first kappa shape index (κ1) is 22.1. The van der Waals surface area contributed by atoms with Gasteiger partial charge < -0.3 is 4.90 Å². The quantitative estimate of drug-likeness (QED) is 0.661. The highest BCUT2D eigenvalue weighted by Gasteiger charge is 2.24. The van der Waals surface area contributed by atoms with Crippen LogP contribution in [0.3, 0.4) is 0 Å². The van der Waals surface area contributed by atoms with Crippen LogP contribution in [0.25, 0.3) is 0 Å². The van der Waals surface area contributed by atoms with Crippen molar-refractivity contribution < 1.29 is 13.2 Å². The summed E-state index contributed by atoms with van der Waals surface area (Å²) in [7, 11) is -3.69. The first-order chi connectivity index (χ1) is 13.4. The van der Waals surface area contributed by atoms with Crippen molar-refractivity contribution in [3.8, 4) is 0 Å². The van der Waals surface area contributed by atoms with Crippen molar-refractivity contribution in [3.05, 3.63) is 65.7 Å². The van der Waals surface area contributed by atoms with Crippen LogP contribution in [0.15, 0.2) is 59.5 Å². The number of benzene rings is 2. The Labute approximate surface area is 168 Å². The third-order valence-electron chi connectivity index (χ3n) is 4.81. The fraction of sp³-hybridized carbons (Fsp3) is 0.409. The number of carbonyl (C=O) groups excluding carboxylic acids is 1. The Morgan fingerprint density at radius 3 is 2.18 bits per heavy atom. The number of aryl methyl sites for hydroxylation is 2. The zero-order chi connectivity index (χ0) is 20.6. The van der Waals surface area contributed by atoms with Gasteiger partial charge in [0.1, 0.15) is 0 Å². The van der Waals surface area contributed by atoms with Crippen LogP contribution in [-0.4, -0.2) is 38.4 Å². The van der Waals surface area contributed by atoms with Crippen molar-refractivity contribution >= 4 is 15.9 Å². The molecule has 2 aromatic carbocycles. The second kappa shape index (κ2) is 10.4. The lowest BCUT2D eigenvalue weighted by molar-refractivity contribution is -0.131. The SMILES string of the molecule is CCN(CC)C(=O)CC(CCc1ccccc1)NS(=O)(=O)c1ccc(C)cc1. The minimum atomic E-state index is -3.69. The van der Waals surface area contributed by atoms with Crippen LogP contribution >= 0.6 is 0 Å². The summed E-state index contributed by atoms with van der Waals surface area (Å²) in [5.41, 5.74) is 2.12. The molecule has 2 aromatic rings. The monoisotopic (exact) mass is 402 g/mol. The van der Waals surface area contributed by atoms with Crippen LogP contribution in [0.2, 0.25) is 0 Å². The second-order valence-corrected chi connectivity index (χ2v) is 8.64. The van der Waals surface area contributed by atoms with Crippen molar-refractivity contribution in [3.63, 3.8) is 0 Å². The number of nitrogens with one attached hydrogen (secondary N) is 1. The first-order valence-electron chi connectivity index (χ1n) is 9.76. The van der Waals surface area contributed by atoms with Crippen molar-refractivity contribution in [2.75, 3.05) is 13.1 Å². The molecule has 0 spiro atoms. The summed E-state index contributed by atoms with van der Waals surface area (Å²) in [5.74, 6) is -0.0327. The highest BCUT2D eigenvalue weighted by Crippen LogP contribution is 2.15. The molecule has 1 N–H and O–H groups in total. The average Bonchev–Trinajstić information content (AvgIpc) is 2.68. The highest BCUT2D eigenvalue weighted by molar-refractivity contribution is 7.89. The molecule has 1 amide bonds. The Bertz CT molecular complexity index is 845. The largest absolute Gasteiger partial charge is 0.343 e. The molecule has 0 bridgehead atoms. The molecular weight excluding hydrogens is 372 g/mol. The minimum absolute atomic E-state index is 0.0327. The zero-order valence-electron chi connectivity index (χ0n) is 16.9. The number of hydrogen-bond acceptors (Lipinski definition) is 3. The molecule has 1 atom stereocenters. The van der Waals surface area contributed by atoms with E-state index < -0.39 is 16.1 Å². The fourth-order valence-electron chi connectivity index (χ4n) is 3.11. The molecule has 0 saturated heterocycles. The summed E-state index contributed by atoms with van der Waals surface area (Å²) >= 11 is 0. The Kier molecular flexibility index (Phi) is 8.20. The summed E-state index contributed by atoms with van der Waals surface area (Å²) < 4.78 is 28.4. The number of rotatable bonds is 10. The van der Waals surface area contributed by atoms with Gasteiger partial charge in [0.2, 0.25) is 15.9 Å². The van der Waals surface area contributed by atoms with Gasteiger partial charge in [0, 0.05) is 25.6 Å². The normalized spacial score (nSPS) is 12.5. The summed E-state index contributed by atoms with van der Waals surface area (Å²) in [6.07, 6.45) is 1.41. The molecular formula is C22H30N2O3S. The van der Waals surface area contributed by atoms with Crippen molar-refractivity contribution in [2.24, 2.45) is 0 Å². The van der Waals surface area contributed by atoms with Gasteiger partial charge in [0.05, 0.1) is 4.90 Å². The van der Waals surface area contributed by atoms with Crippen LogP contribution in [0.1, 0.15) is 37.8 Å². The van der Waals surface area contributed by atoms with Gasteiger partial charge in [0.15, 0.2) is 0 Å². The number of carbonyl (C=O) groups is 1. The topological polar surface area (TPSA) is 66.5 Å². The van der Waals surface area contributed by atoms with Crippen LogP contribution in [0, 0.1) is 6.92 Å². The average molecular weight is 403 g/mol. The maximum Gasteiger partial charge on any atom is 0.240 e. The van der Waals surface area contributed by atoms with Gasteiger partial charge >= 0.3 is 0 Å². The van der Waals surface area contributed by atoms with E-state index >= 15 is 0 Å².